The molecule has 0 nitrogen and oxygen atoms in total. The van der Waals surface area contributed by atoms with Crippen LogP contribution in [0.15, 0.2) is 0 Å². The van der Waals surface area contributed by atoms with E-state index in [9.17, 15) is 0 Å². The third-order valence-corrected chi connectivity index (χ3v) is 0. The van der Waals surface area contributed by atoms with Gasteiger partial charge in [-0.3, -0.25) is 4.70 Å². The van der Waals surface area contributed by atoms with Crippen molar-refractivity contribution in [2.45, 2.75) is 0 Å². The standard InChI is InChI=1S/2FH.2K.H/h2*1H;;;/q;;2*+1;-1/p-1. The number of hydrogen-bond donors (Lipinski definition) is 0. The van der Waals surface area contributed by atoms with Crippen LogP contribution in [0.1, 0.15) is 1.43 Å². The van der Waals surface area contributed by atoms with Crippen molar-refractivity contribution >= 4 is 0 Å². The van der Waals surface area contributed by atoms with E-state index < -0.39 is 0 Å². The fourth-order valence-electron chi connectivity index (χ4n) is 0. The second kappa shape index (κ2) is 16.5. The van der Waals surface area contributed by atoms with Crippen molar-refractivity contribution < 1.29 is 114 Å². The van der Waals surface area contributed by atoms with Crippen LogP contribution in [0.4, 0.5) is 4.70 Å². The summed E-state index contributed by atoms with van der Waals surface area (Å²) < 4.78 is 0. The molecule has 0 aliphatic heterocycles. The molecule has 0 aliphatic rings. The second-order valence-electron chi connectivity index (χ2n) is 0. The minimum absolute atomic E-state index is 0. The third kappa shape index (κ3) is 8.93. The molecule has 0 saturated carbocycles. The maximum atomic E-state index is 0. The molecule has 0 atom stereocenters. The van der Waals surface area contributed by atoms with Crippen molar-refractivity contribution in [2.75, 3.05) is 0 Å². The number of hydrogen-bond acceptors (Lipinski definition) is 0. The number of halogens is 2. The Balaban J connectivity index is 0. The quantitative estimate of drug-likeness (QED) is 0.277. The molecule has 4 heavy (non-hydrogen) atoms. The Morgan fingerprint density at radius 1 is 1.00 bits per heavy atom. The van der Waals surface area contributed by atoms with Crippen LogP contribution in [0.25, 0.3) is 0 Å². The Hall–Kier alpha value is 3.13. The molecule has 0 aromatic heterocycles. The summed E-state index contributed by atoms with van der Waals surface area (Å²) in [5, 5.41) is 0. The van der Waals surface area contributed by atoms with Gasteiger partial charge in [0, 0.05) is 0 Å². The molecule has 0 fully saturated rings. The predicted molar refractivity (Wildman–Crippen MR) is 3.62 cm³/mol. The fourth-order valence-corrected chi connectivity index (χ4v) is 0. The molecule has 0 rings (SSSR count). The van der Waals surface area contributed by atoms with E-state index in [4.69, 9.17) is 0 Å². The zero-order valence-electron chi connectivity index (χ0n) is 3.79. The van der Waals surface area contributed by atoms with E-state index in [1.54, 1.807) is 0 Å². The van der Waals surface area contributed by atoms with Crippen molar-refractivity contribution in [1.29, 1.82) is 0 Å². The van der Waals surface area contributed by atoms with Gasteiger partial charge in [0.2, 0.25) is 0 Å². The van der Waals surface area contributed by atoms with E-state index in [1.807, 2.05) is 0 Å². The van der Waals surface area contributed by atoms with Gasteiger partial charge in [-0.15, -0.1) is 0 Å². The Morgan fingerprint density at radius 2 is 1.00 bits per heavy atom. The van der Waals surface area contributed by atoms with E-state index in [1.165, 1.54) is 0 Å². The molecule has 0 N–H and O–H groups in total. The van der Waals surface area contributed by atoms with Crippen LogP contribution in [-0.2, 0) is 0 Å². The van der Waals surface area contributed by atoms with Crippen molar-refractivity contribution in [3.8, 4) is 0 Å². The minimum atomic E-state index is 0. The van der Waals surface area contributed by atoms with Gasteiger partial charge in [0.15, 0.2) is 0 Å². The van der Waals surface area contributed by atoms with Gasteiger partial charge in [0.1, 0.15) is 0 Å². The van der Waals surface area contributed by atoms with Crippen LogP contribution in [0, 0.1) is 0 Å². The summed E-state index contributed by atoms with van der Waals surface area (Å²) in [5.41, 5.74) is 0. The van der Waals surface area contributed by atoms with Crippen LogP contribution >= 0.6 is 0 Å². The molecule has 0 aromatic carbocycles. The topological polar surface area (TPSA) is 0 Å². The molecule has 0 heterocycles. The Labute approximate surface area is 110 Å². The average molecular weight is 118 g/mol. The van der Waals surface area contributed by atoms with Gasteiger partial charge in [-0.2, -0.15) is 0 Å². The normalized spacial score (nSPS) is 0. The SMILES string of the molecule is F.[F-].[H-].[K+].[K+]. The summed E-state index contributed by atoms with van der Waals surface area (Å²) in [6.45, 7) is 0. The second-order valence-corrected chi connectivity index (χ2v) is 0. The molecule has 0 amide bonds. The van der Waals surface area contributed by atoms with Gasteiger partial charge >= 0.3 is 103 Å². The molecular weight excluding hydrogens is 116 g/mol. The largest absolute Gasteiger partial charge is 1.00 e. The molecular formula is H2F2K2. The summed E-state index contributed by atoms with van der Waals surface area (Å²) in [7, 11) is 0. The molecule has 0 spiro atoms. The van der Waals surface area contributed by atoms with E-state index >= 15 is 0 Å². The van der Waals surface area contributed by atoms with E-state index in [0.717, 1.165) is 0 Å². The summed E-state index contributed by atoms with van der Waals surface area (Å²) in [4.78, 5) is 0. The first kappa shape index (κ1) is 27.3. The smallest absolute Gasteiger partial charge is 1.00 e. The van der Waals surface area contributed by atoms with Crippen LogP contribution in [-0.4, -0.2) is 0 Å². The zero-order valence-corrected chi connectivity index (χ0v) is 9.03. The van der Waals surface area contributed by atoms with E-state index in [0.29, 0.717) is 0 Å². The Bertz CT molecular complexity index is 7.61. The molecule has 0 unspecified atom stereocenters. The van der Waals surface area contributed by atoms with Crippen LogP contribution in [0.2, 0.25) is 0 Å². The first-order valence-corrected chi connectivity index (χ1v) is 0. The van der Waals surface area contributed by atoms with Gasteiger partial charge in [-0.1, -0.05) is 0 Å². The third-order valence-electron chi connectivity index (χ3n) is 0. The summed E-state index contributed by atoms with van der Waals surface area (Å²) in [6.07, 6.45) is 0. The summed E-state index contributed by atoms with van der Waals surface area (Å²) >= 11 is 0. The van der Waals surface area contributed by atoms with Gasteiger partial charge in [0.05, 0.1) is 0 Å². The van der Waals surface area contributed by atoms with E-state index in [-0.39, 0.29) is 114 Å². The van der Waals surface area contributed by atoms with Crippen molar-refractivity contribution in [1.82, 2.24) is 0 Å². The zero-order chi connectivity index (χ0) is 0. The van der Waals surface area contributed by atoms with Crippen LogP contribution in [0.3, 0.4) is 0 Å². The average Bonchev–Trinajstić information content (AvgIpc) is 0. The molecule has 0 radical (unpaired) electrons. The van der Waals surface area contributed by atoms with Gasteiger partial charge < -0.3 is 6.13 Å². The molecule has 0 aromatic rings. The predicted octanol–water partition coefficient (Wildman–Crippen LogP) is -8.72. The van der Waals surface area contributed by atoms with Crippen LogP contribution in [0.5, 0.6) is 0 Å². The van der Waals surface area contributed by atoms with Crippen molar-refractivity contribution in [3.63, 3.8) is 0 Å². The molecule has 0 saturated heterocycles. The summed E-state index contributed by atoms with van der Waals surface area (Å²) in [5.74, 6) is 0. The summed E-state index contributed by atoms with van der Waals surface area (Å²) in [6, 6.07) is 0. The molecule has 0 aliphatic carbocycles. The molecule has 4 heteroatoms. The minimum Gasteiger partial charge on any atom is -1.00 e. The first-order chi connectivity index (χ1) is 0. The monoisotopic (exact) mass is 118 g/mol. The number of rotatable bonds is 0. The Kier molecular flexibility index (Phi) is 113. The van der Waals surface area contributed by atoms with Crippen molar-refractivity contribution in [3.05, 3.63) is 0 Å². The molecule has 18 valence electrons. The van der Waals surface area contributed by atoms with Gasteiger partial charge in [-0.05, 0) is 0 Å². The maximum absolute atomic E-state index is 0. The maximum Gasteiger partial charge on any atom is 1.00 e. The van der Waals surface area contributed by atoms with Crippen molar-refractivity contribution in [2.24, 2.45) is 0 Å². The van der Waals surface area contributed by atoms with Gasteiger partial charge in [-0.25, -0.2) is 0 Å². The van der Waals surface area contributed by atoms with Gasteiger partial charge in [0.25, 0.3) is 0 Å². The first-order valence-electron chi connectivity index (χ1n) is 0. The van der Waals surface area contributed by atoms with E-state index in [2.05, 4.69) is 0 Å². The molecule has 0 bridgehead atoms. The fraction of sp³-hybridized carbons (Fsp3) is 0. The van der Waals surface area contributed by atoms with Crippen LogP contribution < -0.4 is 107 Å². The Morgan fingerprint density at radius 3 is 1.00 bits per heavy atom.